The van der Waals surface area contributed by atoms with Gasteiger partial charge in [0.2, 0.25) is 0 Å². The molecule has 0 spiro atoms. The highest BCUT2D eigenvalue weighted by Crippen LogP contribution is 2.33. The fraction of sp³-hybridized carbons (Fsp3) is 0.357. The van der Waals surface area contributed by atoms with Gasteiger partial charge in [0.25, 0.3) is 5.91 Å². The van der Waals surface area contributed by atoms with Gasteiger partial charge in [-0.2, -0.15) is 10.1 Å². The van der Waals surface area contributed by atoms with Crippen LogP contribution in [-0.4, -0.2) is 22.7 Å². The fourth-order valence-electron chi connectivity index (χ4n) is 2.72. The third kappa shape index (κ3) is 1.91. The summed E-state index contributed by atoms with van der Waals surface area (Å²) in [5.41, 5.74) is 1.37. The summed E-state index contributed by atoms with van der Waals surface area (Å²) < 4.78 is 0. The highest BCUT2D eigenvalue weighted by molar-refractivity contribution is 6.17. The smallest absolute Gasteiger partial charge is 0.337 e. The van der Waals surface area contributed by atoms with Gasteiger partial charge in [0.1, 0.15) is 0 Å². The van der Waals surface area contributed by atoms with Crippen molar-refractivity contribution in [2.24, 2.45) is 11.0 Å². The number of para-hydroxylation sites is 1. The van der Waals surface area contributed by atoms with E-state index in [1.807, 2.05) is 0 Å². The Labute approximate surface area is 110 Å². The quantitative estimate of drug-likeness (QED) is 0.884. The monoisotopic (exact) mass is 258 g/mol. The maximum Gasteiger partial charge on any atom is 0.337 e. The van der Waals surface area contributed by atoms with Crippen LogP contribution in [0.5, 0.6) is 0 Å². The first-order chi connectivity index (χ1) is 9.18. The molecule has 1 saturated carbocycles. The molecule has 1 unspecified atom stereocenters. The number of benzene rings is 1. The number of rotatable bonds is 2. The number of anilines is 1. The molecular formula is C14H14N2O3. The van der Waals surface area contributed by atoms with Crippen LogP contribution >= 0.6 is 0 Å². The number of amides is 1. The second kappa shape index (κ2) is 4.50. The lowest BCUT2D eigenvalue weighted by Crippen LogP contribution is -2.29. The van der Waals surface area contributed by atoms with Crippen LogP contribution in [0.2, 0.25) is 0 Å². The number of carboxylic acids is 1. The van der Waals surface area contributed by atoms with Crippen molar-refractivity contribution >= 4 is 23.3 Å². The van der Waals surface area contributed by atoms with Crippen molar-refractivity contribution in [2.75, 3.05) is 5.01 Å². The van der Waals surface area contributed by atoms with Crippen molar-refractivity contribution in [3.63, 3.8) is 0 Å². The third-order valence-corrected chi connectivity index (χ3v) is 3.68. The molecule has 1 amide bonds. The summed E-state index contributed by atoms with van der Waals surface area (Å²) >= 11 is 0. The maximum absolute atomic E-state index is 12.3. The number of carbonyl (C=O) groups excluding carboxylic acids is 1. The first-order valence-electron chi connectivity index (χ1n) is 6.42. The number of carboxylic acid groups (broad SMARTS) is 1. The minimum absolute atomic E-state index is 0.0941. The largest absolute Gasteiger partial charge is 0.478 e. The zero-order chi connectivity index (χ0) is 13.4. The van der Waals surface area contributed by atoms with Crippen LogP contribution in [0.3, 0.4) is 0 Å². The molecule has 0 aromatic heterocycles. The zero-order valence-corrected chi connectivity index (χ0v) is 10.4. The van der Waals surface area contributed by atoms with Crippen molar-refractivity contribution in [2.45, 2.75) is 25.7 Å². The Balaban J connectivity index is 2.02. The van der Waals surface area contributed by atoms with Crippen molar-refractivity contribution in [1.82, 2.24) is 0 Å². The lowest BCUT2D eigenvalue weighted by atomic mass is 9.87. The van der Waals surface area contributed by atoms with Crippen molar-refractivity contribution in [3.05, 3.63) is 29.8 Å². The summed E-state index contributed by atoms with van der Waals surface area (Å²) in [6.45, 7) is 0. The van der Waals surface area contributed by atoms with Crippen molar-refractivity contribution in [1.29, 1.82) is 0 Å². The molecule has 1 aliphatic heterocycles. The minimum atomic E-state index is -1.04. The lowest BCUT2D eigenvalue weighted by molar-refractivity contribution is -0.120. The molecule has 1 aromatic rings. The lowest BCUT2D eigenvalue weighted by Gasteiger charge is -2.17. The van der Waals surface area contributed by atoms with Crippen LogP contribution in [0.1, 0.15) is 36.0 Å². The van der Waals surface area contributed by atoms with Crippen molar-refractivity contribution < 1.29 is 14.7 Å². The molecule has 19 heavy (non-hydrogen) atoms. The van der Waals surface area contributed by atoms with E-state index >= 15 is 0 Å². The van der Waals surface area contributed by atoms with E-state index in [1.54, 1.807) is 18.2 Å². The molecule has 98 valence electrons. The Morgan fingerprint density at radius 2 is 2.11 bits per heavy atom. The molecule has 2 aliphatic rings. The number of hydrogen-bond acceptors (Lipinski definition) is 3. The number of fused-ring (bicyclic) bond motifs is 1. The molecule has 1 aromatic carbocycles. The van der Waals surface area contributed by atoms with E-state index in [4.69, 9.17) is 0 Å². The molecule has 1 fully saturated rings. The molecule has 5 nitrogen and oxygen atoms in total. The van der Waals surface area contributed by atoms with Gasteiger partial charge < -0.3 is 5.11 Å². The first kappa shape index (κ1) is 11.9. The number of hydrogen-bond donors (Lipinski definition) is 1. The average molecular weight is 258 g/mol. The summed E-state index contributed by atoms with van der Waals surface area (Å²) in [6.07, 6.45) is 3.74. The first-order valence-corrected chi connectivity index (χ1v) is 6.42. The summed E-state index contributed by atoms with van der Waals surface area (Å²) in [4.78, 5) is 23.5. The Morgan fingerprint density at radius 3 is 2.84 bits per heavy atom. The molecule has 0 radical (unpaired) electrons. The van der Waals surface area contributed by atoms with E-state index in [-0.39, 0.29) is 17.4 Å². The van der Waals surface area contributed by atoms with Gasteiger partial charge in [-0.1, -0.05) is 18.6 Å². The fourth-order valence-corrected chi connectivity index (χ4v) is 2.72. The van der Waals surface area contributed by atoms with Crippen LogP contribution in [-0.2, 0) is 4.79 Å². The molecular weight excluding hydrogens is 244 g/mol. The number of hydrazone groups is 1. The van der Waals surface area contributed by atoms with E-state index in [0.717, 1.165) is 31.4 Å². The van der Waals surface area contributed by atoms with E-state index < -0.39 is 5.97 Å². The van der Waals surface area contributed by atoms with Gasteiger partial charge in [0, 0.05) is 0 Å². The normalized spacial score (nSPS) is 22.1. The van der Waals surface area contributed by atoms with Gasteiger partial charge in [0.15, 0.2) is 0 Å². The Kier molecular flexibility index (Phi) is 2.81. The average Bonchev–Trinajstić information content (AvgIpc) is 2.76. The second-order valence-corrected chi connectivity index (χ2v) is 4.86. The molecule has 1 aliphatic carbocycles. The zero-order valence-electron chi connectivity index (χ0n) is 10.4. The SMILES string of the molecule is O=C(O)c1ccccc1N1N=C2CCCCC2C1=O. The predicted molar refractivity (Wildman–Crippen MR) is 70.3 cm³/mol. The number of nitrogens with zero attached hydrogens (tertiary/aromatic N) is 2. The minimum Gasteiger partial charge on any atom is -0.478 e. The molecule has 3 rings (SSSR count). The summed E-state index contributed by atoms with van der Waals surface area (Å²) in [5.74, 6) is -1.28. The van der Waals surface area contributed by atoms with Crippen LogP contribution in [0.15, 0.2) is 29.4 Å². The molecule has 1 N–H and O–H groups in total. The maximum atomic E-state index is 12.3. The third-order valence-electron chi connectivity index (χ3n) is 3.68. The molecule has 1 heterocycles. The Morgan fingerprint density at radius 1 is 1.32 bits per heavy atom. The number of carbonyl (C=O) groups is 2. The molecule has 5 heteroatoms. The van der Waals surface area contributed by atoms with Gasteiger partial charge in [-0.3, -0.25) is 4.79 Å². The summed E-state index contributed by atoms with van der Waals surface area (Å²) in [5, 5.41) is 14.8. The summed E-state index contributed by atoms with van der Waals surface area (Å²) in [6, 6.07) is 6.49. The van der Waals surface area contributed by atoms with Crippen LogP contribution in [0.25, 0.3) is 0 Å². The Bertz CT molecular complexity index is 580. The van der Waals surface area contributed by atoms with Gasteiger partial charge in [-0.15, -0.1) is 0 Å². The molecule has 1 atom stereocenters. The topological polar surface area (TPSA) is 70.0 Å². The van der Waals surface area contributed by atoms with E-state index in [0.29, 0.717) is 5.69 Å². The predicted octanol–water partition coefficient (Wildman–Crippen LogP) is 2.28. The van der Waals surface area contributed by atoms with Gasteiger partial charge >= 0.3 is 5.97 Å². The highest BCUT2D eigenvalue weighted by atomic mass is 16.4. The summed E-state index contributed by atoms with van der Waals surface area (Å²) in [7, 11) is 0. The number of aromatic carboxylic acids is 1. The molecule has 0 bridgehead atoms. The Hall–Kier alpha value is -2.17. The highest BCUT2D eigenvalue weighted by Gasteiger charge is 2.38. The van der Waals surface area contributed by atoms with Gasteiger partial charge in [-0.05, 0) is 31.4 Å². The van der Waals surface area contributed by atoms with Crippen LogP contribution in [0, 0.1) is 5.92 Å². The van der Waals surface area contributed by atoms with Gasteiger partial charge in [0.05, 0.1) is 22.9 Å². The standard InChI is InChI=1S/C14H14N2O3/c17-13-9-5-1-3-7-11(9)15-16(13)12-8-4-2-6-10(12)14(18)19/h2,4,6,8-9H,1,3,5,7H2,(H,18,19). The van der Waals surface area contributed by atoms with Crippen molar-refractivity contribution in [3.8, 4) is 0 Å². The van der Waals surface area contributed by atoms with E-state index in [2.05, 4.69) is 5.10 Å². The van der Waals surface area contributed by atoms with E-state index in [1.165, 1.54) is 11.1 Å². The van der Waals surface area contributed by atoms with Crippen LogP contribution < -0.4 is 5.01 Å². The van der Waals surface area contributed by atoms with Crippen LogP contribution in [0.4, 0.5) is 5.69 Å². The second-order valence-electron chi connectivity index (χ2n) is 4.86. The van der Waals surface area contributed by atoms with Gasteiger partial charge in [-0.25, -0.2) is 4.79 Å². The van der Waals surface area contributed by atoms with E-state index in [9.17, 15) is 14.7 Å². The molecule has 0 saturated heterocycles.